The first kappa shape index (κ1) is 20.3. The van der Waals surface area contributed by atoms with Gasteiger partial charge in [0.2, 0.25) is 5.91 Å². The van der Waals surface area contributed by atoms with E-state index in [-0.39, 0.29) is 48.7 Å². The second kappa shape index (κ2) is 8.16. The molecule has 162 valence electrons. The molecule has 0 saturated carbocycles. The number of carbonyl (C=O) groups is 2. The van der Waals surface area contributed by atoms with Gasteiger partial charge in [-0.2, -0.15) is 0 Å². The van der Waals surface area contributed by atoms with Crippen LogP contribution in [0.4, 0.5) is 0 Å². The highest BCUT2D eigenvalue weighted by atomic mass is 16.3. The summed E-state index contributed by atoms with van der Waals surface area (Å²) in [5, 5.41) is 10.00. The van der Waals surface area contributed by atoms with Crippen molar-refractivity contribution in [2.24, 2.45) is 0 Å². The Bertz CT molecular complexity index is 1150. The van der Waals surface area contributed by atoms with Crippen molar-refractivity contribution in [1.29, 1.82) is 0 Å². The second-order valence-corrected chi connectivity index (χ2v) is 8.41. The predicted octanol–water partition coefficient (Wildman–Crippen LogP) is 2.26. The molecular weight excluding hydrogens is 404 g/mol. The standard InChI is InChI=1S/C25H24N4O3/c1-16-3-2-4-19(11-16)17-5-7-18(8-6-17)24-21-13-28(14-23(31)29(21)22(24)15-30)25(32)20-12-26-9-10-27-20/h2-12,21-22,24,30H,13-15H2,1H3/t21-,22-,24-/m0/s1. The first-order chi connectivity index (χ1) is 15.6. The smallest absolute Gasteiger partial charge is 0.274 e. The molecule has 7 nitrogen and oxygen atoms in total. The Balaban J connectivity index is 1.39. The van der Waals surface area contributed by atoms with Crippen LogP contribution in [0.3, 0.4) is 0 Å². The van der Waals surface area contributed by atoms with Crippen LogP contribution in [0.2, 0.25) is 0 Å². The third-order valence-electron chi connectivity index (χ3n) is 6.47. The molecule has 0 radical (unpaired) electrons. The third-order valence-corrected chi connectivity index (χ3v) is 6.47. The summed E-state index contributed by atoms with van der Waals surface area (Å²) in [5.41, 5.74) is 4.76. The van der Waals surface area contributed by atoms with Crippen molar-refractivity contribution in [1.82, 2.24) is 19.8 Å². The number of rotatable bonds is 4. The molecule has 5 rings (SSSR count). The molecule has 2 amide bonds. The lowest BCUT2D eigenvalue weighted by atomic mass is 9.73. The molecule has 2 fully saturated rings. The maximum Gasteiger partial charge on any atom is 0.274 e. The lowest BCUT2D eigenvalue weighted by Gasteiger charge is -2.58. The molecule has 3 atom stereocenters. The highest BCUT2D eigenvalue weighted by Crippen LogP contribution is 2.43. The van der Waals surface area contributed by atoms with E-state index >= 15 is 0 Å². The summed E-state index contributed by atoms with van der Waals surface area (Å²) >= 11 is 0. The molecule has 3 heterocycles. The molecule has 1 aromatic heterocycles. The zero-order valence-corrected chi connectivity index (χ0v) is 17.8. The zero-order chi connectivity index (χ0) is 22.2. The molecule has 1 N–H and O–H groups in total. The predicted molar refractivity (Wildman–Crippen MR) is 119 cm³/mol. The van der Waals surface area contributed by atoms with Crippen molar-refractivity contribution in [2.45, 2.75) is 24.9 Å². The Kier molecular flexibility index (Phi) is 5.19. The number of aliphatic hydroxyl groups excluding tert-OH is 1. The van der Waals surface area contributed by atoms with Gasteiger partial charge < -0.3 is 14.9 Å². The van der Waals surface area contributed by atoms with E-state index in [0.717, 1.165) is 16.7 Å². The molecule has 0 spiro atoms. The Labute approximate surface area is 186 Å². The van der Waals surface area contributed by atoms with Gasteiger partial charge in [0.15, 0.2) is 0 Å². The fraction of sp³-hybridized carbons (Fsp3) is 0.280. The number of carbonyl (C=O) groups excluding carboxylic acids is 2. The van der Waals surface area contributed by atoms with Gasteiger partial charge in [-0.05, 0) is 23.6 Å². The van der Waals surface area contributed by atoms with E-state index in [4.69, 9.17) is 0 Å². The SMILES string of the molecule is Cc1cccc(-c2ccc([C@@H]3[C@H](CO)N4C(=O)CN(C(=O)c5cnccn5)C[C@@H]34)cc2)c1. The molecule has 0 bridgehead atoms. The van der Waals surface area contributed by atoms with Gasteiger partial charge in [-0.1, -0.05) is 54.1 Å². The van der Waals surface area contributed by atoms with Gasteiger partial charge >= 0.3 is 0 Å². The summed E-state index contributed by atoms with van der Waals surface area (Å²) < 4.78 is 0. The van der Waals surface area contributed by atoms with E-state index in [9.17, 15) is 14.7 Å². The summed E-state index contributed by atoms with van der Waals surface area (Å²) in [7, 11) is 0. The van der Waals surface area contributed by atoms with Crippen LogP contribution in [-0.4, -0.2) is 68.5 Å². The fourth-order valence-electron chi connectivity index (χ4n) is 4.95. The molecular formula is C25H24N4O3. The molecule has 32 heavy (non-hydrogen) atoms. The van der Waals surface area contributed by atoms with Crippen LogP contribution in [0, 0.1) is 6.92 Å². The van der Waals surface area contributed by atoms with Gasteiger partial charge in [-0.15, -0.1) is 0 Å². The molecule has 2 saturated heterocycles. The zero-order valence-electron chi connectivity index (χ0n) is 17.8. The quantitative estimate of drug-likeness (QED) is 0.689. The Hall–Kier alpha value is -3.58. The van der Waals surface area contributed by atoms with Gasteiger partial charge in [0.05, 0.1) is 24.9 Å². The van der Waals surface area contributed by atoms with Gasteiger partial charge in [0.25, 0.3) is 5.91 Å². The van der Waals surface area contributed by atoms with E-state index in [1.165, 1.54) is 29.1 Å². The number of nitrogens with zero attached hydrogens (tertiary/aromatic N) is 4. The molecule has 7 heteroatoms. The average molecular weight is 428 g/mol. The number of amides is 2. The number of aliphatic hydroxyl groups is 1. The number of hydrogen-bond donors (Lipinski definition) is 1. The molecule has 0 unspecified atom stereocenters. The van der Waals surface area contributed by atoms with Crippen LogP contribution < -0.4 is 0 Å². The van der Waals surface area contributed by atoms with Crippen LogP contribution in [0.1, 0.15) is 27.5 Å². The number of piperazine rings is 1. The minimum atomic E-state index is -0.299. The van der Waals surface area contributed by atoms with Crippen LogP contribution in [0.25, 0.3) is 11.1 Å². The lowest BCUT2D eigenvalue weighted by Crippen LogP contribution is -2.73. The van der Waals surface area contributed by atoms with E-state index < -0.39 is 0 Å². The summed E-state index contributed by atoms with van der Waals surface area (Å²) in [6, 6.07) is 16.2. The minimum Gasteiger partial charge on any atom is -0.394 e. The van der Waals surface area contributed by atoms with Gasteiger partial charge in [0, 0.05) is 24.9 Å². The molecule has 0 aliphatic carbocycles. The number of benzene rings is 2. The van der Waals surface area contributed by atoms with Crippen LogP contribution in [0.15, 0.2) is 67.1 Å². The van der Waals surface area contributed by atoms with Crippen molar-refractivity contribution in [2.75, 3.05) is 19.7 Å². The Morgan fingerprint density at radius 1 is 1.12 bits per heavy atom. The maximum atomic E-state index is 12.8. The lowest BCUT2D eigenvalue weighted by molar-refractivity contribution is -0.159. The van der Waals surface area contributed by atoms with Crippen LogP contribution in [-0.2, 0) is 4.79 Å². The highest BCUT2D eigenvalue weighted by Gasteiger charge is 2.54. The third kappa shape index (κ3) is 3.44. The van der Waals surface area contributed by atoms with Crippen LogP contribution in [0.5, 0.6) is 0 Å². The highest BCUT2D eigenvalue weighted by molar-refractivity contribution is 5.96. The first-order valence-corrected chi connectivity index (χ1v) is 10.7. The van der Waals surface area contributed by atoms with Crippen molar-refractivity contribution < 1.29 is 14.7 Å². The van der Waals surface area contributed by atoms with Gasteiger partial charge in [-0.3, -0.25) is 14.6 Å². The van der Waals surface area contributed by atoms with Crippen molar-refractivity contribution in [3.63, 3.8) is 0 Å². The van der Waals surface area contributed by atoms with Gasteiger partial charge in [0.1, 0.15) is 12.2 Å². The molecule has 2 aliphatic rings. The Morgan fingerprint density at radius 2 is 1.94 bits per heavy atom. The van der Waals surface area contributed by atoms with E-state index in [1.807, 2.05) is 6.07 Å². The largest absolute Gasteiger partial charge is 0.394 e. The van der Waals surface area contributed by atoms with E-state index in [1.54, 1.807) is 4.90 Å². The van der Waals surface area contributed by atoms with Crippen molar-refractivity contribution in [3.05, 3.63) is 83.9 Å². The average Bonchev–Trinajstić information content (AvgIpc) is 2.81. The summed E-state index contributed by atoms with van der Waals surface area (Å²) in [6.07, 6.45) is 4.39. The maximum absolute atomic E-state index is 12.8. The molecule has 2 aliphatic heterocycles. The molecule has 3 aromatic rings. The fourth-order valence-corrected chi connectivity index (χ4v) is 4.95. The topological polar surface area (TPSA) is 86.6 Å². The normalized spacial score (nSPS) is 22.3. The summed E-state index contributed by atoms with van der Waals surface area (Å²) in [5.74, 6) is -0.481. The van der Waals surface area contributed by atoms with Crippen molar-refractivity contribution >= 4 is 11.8 Å². The number of hydrogen-bond acceptors (Lipinski definition) is 5. The second-order valence-electron chi connectivity index (χ2n) is 8.41. The van der Waals surface area contributed by atoms with Crippen LogP contribution >= 0.6 is 0 Å². The van der Waals surface area contributed by atoms with E-state index in [2.05, 4.69) is 59.4 Å². The number of fused-ring (bicyclic) bond motifs is 1. The van der Waals surface area contributed by atoms with Gasteiger partial charge in [-0.25, -0.2) is 4.98 Å². The molecule has 2 aromatic carbocycles. The summed E-state index contributed by atoms with van der Waals surface area (Å²) in [4.78, 5) is 37.0. The van der Waals surface area contributed by atoms with E-state index in [0.29, 0.717) is 6.54 Å². The first-order valence-electron chi connectivity index (χ1n) is 10.7. The monoisotopic (exact) mass is 428 g/mol. The number of aromatic nitrogens is 2. The number of aryl methyl sites for hydroxylation is 1. The van der Waals surface area contributed by atoms with Crippen molar-refractivity contribution in [3.8, 4) is 11.1 Å². The summed E-state index contributed by atoms with van der Waals surface area (Å²) in [6.45, 7) is 2.36. The minimum absolute atomic E-state index is 0.0125. The Morgan fingerprint density at radius 3 is 2.62 bits per heavy atom.